The molecule has 0 spiro atoms. The van der Waals surface area contributed by atoms with Gasteiger partial charge in [0.25, 0.3) is 0 Å². The number of carbonyl (C=O) groups is 1. The maximum Gasteiger partial charge on any atom is 0.309 e. The molecule has 1 saturated carbocycles. The van der Waals surface area contributed by atoms with Crippen molar-refractivity contribution >= 4 is 36.6 Å². The first-order valence-corrected chi connectivity index (χ1v) is 9.36. The van der Waals surface area contributed by atoms with Gasteiger partial charge in [0.2, 0.25) is 0 Å². The molecule has 2 heterocycles. The highest BCUT2D eigenvalue weighted by Gasteiger charge is 2.59. The monoisotopic (exact) mass is 423 g/mol. The SMILES string of the molecule is CCOC(=O)C1C2CN(CCc3ccc(-c4cccc(N)n4)cc3)CC21.Cl.Cl. The molecule has 152 valence electrons. The zero-order chi connectivity index (χ0) is 18.1. The van der Waals surface area contributed by atoms with Gasteiger partial charge in [-0.2, -0.15) is 0 Å². The molecule has 0 bridgehead atoms. The van der Waals surface area contributed by atoms with E-state index in [0.29, 0.717) is 24.3 Å². The largest absolute Gasteiger partial charge is 0.466 e. The second kappa shape index (κ2) is 9.59. The van der Waals surface area contributed by atoms with Crippen LogP contribution in [-0.2, 0) is 16.0 Å². The lowest BCUT2D eigenvalue weighted by molar-refractivity contribution is -0.145. The molecule has 1 aromatic heterocycles. The quantitative estimate of drug-likeness (QED) is 0.720. The van der Waals surface area contributed by atoms with Crippen molar-refractivity contribution in [3.63, 3.8) is 0 Å². The number of likely N-dealkylation sites (tertiary alicyclic amines) is 1. The number of benzene rings is 1. The molecule has 2 N–H and O–H groups in total. The van der Waals surface area contributed by atoms with Gasteiger partial charge in [-0.3, -0.25) is 4.79 Å². The third kappa shape index (κ3) is 4.77. The van der Waals surface area contributed by atoms with Gasteiger partial charge >= 0.3 is 5.97 Å². The summed E-state index contributed by atoms with van der Waals surface area (Å²) in [6.45, 7) is 5.45. The Morgan fingerprint density at radius 1 is 1.14 bits per heavy atom. The molecule has 1 aromatic carbocycles. The molecule has 2 aromatic rings. The van der Waals surface area contributed by atoms with Crippen molar-refractivity contribution in [1.82, 2.24) is 9.88 Å². The standard InChI is InChI=1S/C21H25N3O2.2ClH/c1-2-26-21(25)20-16-12-24(13-17(16)20)11-10-14-6-8-15(9-7-14)18-4-3-5-19(22)23-18;;/h3-9,16-17,20H,2,10-13H2,1H3,(H2,22,23);2*1H. The first-order chi connectivity index (χ1) is 12.7. The summed E-state index contributed by atoms with van der Waals surface area (Å²) >= 11 is 0. The van der Waals surface area contributed by atoms with Crippen LogP contribution < -0.4 is 5.73 Å². The van der Waals surface area contributed by atoms with E-state index in [1.54, 1.807) is 6.07 Å². The van der Waals surface area contributed by atoms with Crippen LogP contribution >= 0.6 is 24.8 Å². The number of fused-ring (bicyclic) bond motifs is 1. The second-order valence-corrected chi connectivity index (χ2v) is 7.26. The van der Waals surface area contributed by atoms with Crippen LogP contribution in [0, 0.1) is 17.8 Å². The van der Waals surface area contributed by atoms with E-state index in [2.05, 4.69) is 34.1 Å². The number of piperidine rings is 1. The molecular weight excluding hydrogens is 397 g/mol. The summed E-state index contributed by atoms with van der Waals surface area (Å²) in [6, 6.07) is 14.2. The predicted octanol–water partition coefficient (Wildman–Crippen LogP) is 3.46. The molecule has 2 fully saturated rings. The summed E-state index contributed by atoms with van der Waals surface area (Å²) in [7, 11) is 0. The molecule has 1 aliphatic heterocycles. The van der Waals surface area contributed by atoms with Crippen LogP contribution in [0.2, 0.25) is 0 Å². The maximum absolute atomic E-state index is 11.8. The normalized spacial score (nSPS) is 22.5. The van der Waals surface area contributed by atoms with Crippen molar-refractivity contribution in [3.05, 3.63) is 48.0 Å². The Labute approximate surface area is 178 Å². The fourth-order valence-corrected chi connectivity index (χ4v) is 4.13. The Balaban J connectivity index is 0.00000140. The highest BCUT2D eigenvalue weighted by molar-refractivity contribution is 5.85. The minimum absolute atomic E-state index is 0. The Bertz CT molecular complexity index is 788. The van der Waals surface area contributed by atoms with Gasteiger partial charge in [0.05, 0.1) is 18.2 Å². The van der Waals surface area contributed by atoms with E-state index >= 15 is 0 Å². The van der Waals surface area contributed by atoms with Crippen LogP contribution in [0.1, 0.15) is 12.5 Å². The van der Waals surface area contributed by atoms with Crippen LogP contribution in [0.3, 0.4) is 0 Å². The molecule has 4 rings (SSSR count). The number of esters is 1. The first kappa shape index (κ1) is 22.5. The Kier molecular flexibility index (Phi) is 7.70. The number of halogens is 2. The fraction of sp³-hybridized carbons (Fsp3) is 0.429. The number of ether oxygens (including phenoxy) is 1. The van der Waals surface area contributed by atoms with Gasteiger partial charge in [0, 0.05) is 25.2 Å². The lowest BCUT2D eigenvalue weighted by atomic mass is 10.1. The molecular formula is C21H27Cl2N3O2. The van der Waals surface area contributed by atoms with Crippen molar-refractivity contribution < 1.29 is 9.53 Å². The van der Waals surface area contributed by atoms with Crippen molar-refractivity contribution in [2.75, 3.05) is 32.0 Å². The van der Waals surface area contributed by atoms with E-state index < -0.39 is 0 Å². The molecule has 1 aliphatic carbocycles. The molecule has 2 atom stereocenters. The number of pyridine rings is 1. The Morgan fingerprint density at radius 2 is 1.82 bits per heavy atom. The number of rotatable bonds is 6. The van der Waals surface area contributed by atoms with Gasteiger partial charge < -0.3 is 15.4 Å². The second-order valence-electron chi connectivity index (χ2n) is 7.26. The predicted molar refractivity (Wildman–Crippen MR) is 116 cm³/mol. The third-order valence-corrected chi connectivity index (χ3v) is 5.57. The van der Waals surface area contributed by atoms with Crippen LogP contribution in [0.5, 0.6) is 0 Å². The van der Waals surface area contributed by atoms with Gasteiger partial charge in [-0.25, -0.2) is 4.98 Å². The van der Waals surface area contributed by atoms with Crippen molar-refractivity contribution in [1.29, 1.82) is 0 Å². The average Bonchev–Trinajstić information content (AvgIpc) is 3.16. The van der Waals surface area contributed by atoms with Gasteiger partial charge in [0.15, 0.2) is 0 Å². The number of hydrogen-bond acceptors (Lipinski definition) is 5. The number of anilines is 1. The highest BCUT2D eigenvalue weighted by atomic mass is 35.5. The zero-order valence-electron chi connectivity index (χ0n) is 15.9. The van der Waals surface area contributed by atoms with Gasteiger partial charge in [-0.15, -0.1) is 24.8 Å². The number of nitrogens with zero attached hydrogens (tertiary/aromatic N) is 2. The van der Waals surface area contributed by atoms with E-state index in [1.807, 2.05) is 19.1 Å². The van der Waals surface area contributed by atoms with E-state index in [9.17, 15) is 4.79 Å². The topological polar surface area (TPSA) is 68.5 Å². The van der Waals surface area contributed by atoms with Gasteiger partial charge in [-0.1, -0.05) is 30.3 Å². The number of nitrogen functional groups attached to an aromatic ring is 1. The van der Waals surface area contributed by atoms with Crippen LogP contribution in [0.25, 0.3) is 11.3 Å². The van der Waals surface area contributed by atoms with E-state index in [0.717, 1.165) is 37.3 Å². The first-order valence-electron chi connectivity index (χ1n) is 9.36. The zero-order valence-corrected chi connectivity index (χ0v) is 17.5. The van der Waals surface area contributed by atoms with E-state index in [-0.39, 0.29) is 36.7 Å². The van der Waals surface area contributed by atoms with Crippen molar-refractivity contribution in [2.24, 2.45) is 17.8 Å². The maximum atomic E-state index is 11.8. The molecule has 28 heavy (non-hydrogen) atoms. The number of aromatic nitrogens is 1. The Morgan fingerprint density at radius 3 is 2.43 bits per heavy atom. The van der Waals surface area contributed by atoms with E-state index in [4.69, 9.17) is 10.5 Å². The Hall–Kier alpha value is -1.82. The molecule has 1 saturated heterocycles. The number of nitrogens with two attached hydrogens (primary N) is 1. The van der Waals surface area contributed by atoms with Gasteiger partial charge in [0.1, 0.15) is 5.82 Å². The molecule has 2 unspecified atom stereocenters. The third-order valence-electron chi connectivity index (χ3n) is 5.57. The molecule has 5 nitrogen and oxygen atoms in total. The summed E-state index contributed by atoms with van der Waals surface area (Å²) < 4.78 is 5.15. The number of hydrogen-bond donors (Lipinski definition) is 1. The summed E-state index contributed by atoms with van der Waals surface area (Å²) in [5.74, 6) is 1.75. The van der Waals surface area contributed by atoms with Crippen LogP contribution in [0.4, 0.5) is 5.82 Å². The van der Waals surface area contributed by atoms with Crippen LogP contribution in [0.15, 0.2) is 42.5 Å². The lowest BCUT2D eigenvalue weighted by Gasteiger charge is -2.19. The summed E-state index contributed by atoms with van der Waals surface area (Å²) in [5, 5.41) is 0. The summed E-state index contributed by atoms with van der Waals surface area (Å²) in [4.78, 5) is 18.7. The minimum Gasteiger partial charge on any atom is -0.466 e. The average molecular weight is 424 g/mol. The molecule has 2 aliphatic rings. The molecule has 7 heteroatoms. The van der Waals surface area contributed by atoms with E-state index in [1.165, 1.54) is 5.56 Å². The van der Waals surface area contributed by atoms with Crippen molar-refractivity contribution in [3.8, 4) is 11.3 Å². The van der Waals surface area contributed by atoms with Crippen molar-refractivity contribution in [2.45, 2.75) is 13.3 Å². The summed E-state index contributed by atoms with van der Waals surface area (Å²) in [5.41, 5.74) is 9.07. The minimum atomic E-state index is 0. The van der Waals surface area contributed by atoms with Gasteiger partial charge in [-0.05, 0) is 42.9 Å². The molecule has 0 radical (unpaired) electrons. The molecule has 0 amide bonds. The smallest absolute Gasteiger partial charge is 0.309 e. The summed E-state index contributed by atoms with van der Waals surface area (Å²) in [6.07, 6.45) is 1.02. The number of carbonyl (C=O) groups excluding carboxylic acids is 1. The highest BCUT2D eigenvalue weighted by Crippen LogP contribution is 2.52. The van der Waals surface area contributed by atoms with Crippen LogP contribution in [-0.4, -0.2) is 42.1 Å². The lowest BCUT2D eigenvalue weighted by Crippen LogP contribution is -2.28. The fourth-order valence-electron chi connectivity index (χ4n) is 4.13.